The minimum atomic E-state index is -0.272. The fraction of sp³-hybridized carbons (Fsp3) is 0.412. The average Bonchev–Trinajstić information content (AvgIpc) is 2.91. The fourth-order valence-electron chi connectivity index (χ4n) is 3.25. The monoisotopic (exact) mass is 315 g/mol. The summed E-state index contributed by atoms with van der Waals surface area (Å²) < 4.78 is 7.26. The number of ether oxygens (including phenoxy) is 1. The Morgan fingerprint density at radius 3 is 2.57 bits per heavy atom. The molecule has 0 atom stereocenters. The first kappa shape index (κ1) is 15.4. The number of methoxy groups -OCH3 is 1. The minimum absolute atomic E-state index is 0.0197. The second-order valence-electron chi connectivity index (χ2n) is 5.95. The van der Waals surface area contributed by atoms with Gasteiger partial charge < -0.3 is 19.9 Å². The number of likely N-dealkylation sites (tertiary alicyclic amines) is 1. The summed E-state index contributed by atoms with van der Waals surface area (Å²) in [4.78, 5) is 25.8. The van der Waals surface area contributed by atoms with Crippen molar-refractivity contribution < 1.29 is 14.3 Å². The van der Waals surface area contributed by atoms with E-state index in [1.54, 1.807) is 12.0 Å². The molecule has 2 amide bonds. The maximum absolute atomic E-state index is 12.8. The summed E-state index contributed by atoms with van der Waals surface area (Å²) >= 11 is 0. The number of aryl methyl sites for hydroxylation is 1. The van der Waals surface area contributed by atoms with Gasteiger partial charge in [0.2, 0.25) is 5.91 Å². The first-order valence-corrected chi connectivity index (χ1v) is 7.74. The molecule has 23 heavy (non-hydrogen) atoms. The van der Waals surface area contributed by atoms with E-state index in [1.165, 1.54) is 0 Å². The fourth-order valence-corrected chi connectivity index (χ4v) is 3.25. The lowest BCUT2D eigenvalue weighted by Crippen LogP contribution is -2.42. The van der Waals surface area contributed by atoms with Crippen LogP contribution in [-0.4, -0.2) is 41.5 Å². The highest BCUT2D eigenvalue weighted by Gasteiger charge is 2.28. The largest absolute Gasteiger partial charge is 0.496 e. The van der Waals surface area contributed by atoms with Crippen LogP contribution in [0, 0.1) is 5.92 Å². The molecule has 0 unspecified atom stereocenters. The van der Waals surface area contributed by atoms with E-state index >= 15 is 0 Å². The lowest BCUT2D eigenvalue weighted by Gasteiger charge is -2.30. The summed E-state index contributed by atoms with van der Waals surface area (Å²) in [5.41, 5.74) is 6.93. The third kappa shape index (κ3) is 2.65. The molecular weight excluding hydrogens is 294 g/mol. The van der Waals surface area contributed by atoms with Crippen molar-refractivity contribution in [3.8, 4) is 5.75 Å². The van der Waals surface area contributed by atoms with Crippen LogP contribution in [0.5, 0.6) is 5.75 Å². The van der Waals surface area contributed by atoms with Crippen LogP contribution in [0.1, 0.15) is 23.3 Å². The number of carbonyl (C=O) groups is 2. The lowest BCUT2D eigenvalue weighted by molar-refractivity contribution is -0.123. The predicted molar refractivity (Wildman–Crippen MR) is 87.3 cm³/mol. The zero-order valence-corrected chi connectivity index (χ0v) is 13.4. The van der Waals surface area contributed by atoms with E-state index in [-0.39, 0.29) is 17.7 Å². The van der Waals surface area contributed by atoms with Gasteiger partial charge in [-0.25, -0.2) is 0 Å². The Morgan fingerprint density at radius 1 is 1.26 bits per heavy atom. The highest BCUT2D eigenvalue weighted by molar-refractivity contribution is 6.00. The van der Waals surface area contributed by atoms with Gasteiger partial charge in [0.05, 0.1) is 12.6 Å². The number of benzene rings is 1. The highest BCUT2D eigenvalue weighted by Crippen LogP contribution is 2.29. The van der Waals surface area contributed by atoms with Crippen LogP contribution in [0.4, 0.5) is 0 Å². The first-order chi connectivity index (χ1) is 11.0. The van der Waals surface area contributed by atoms with Crippen molar-refractivity contribution in [3.05, 3.63) is 30.0 Å². The van der Waals surface area contributed by atoms with Crippen molar-refractivity contribution in [3.63, 3.8) is 0 Å². The van der Waals surface area contributed by atoms with Gasteiger partial charge in [-0.3, -0.25) is 9.59 Å². The Morgan fingerprint density at radius 2 is 1.96 bits per heavy atom. The Kier molecular flexibility index (Phi) is 3.98. The Hall–Kier alpha value is -2.50. The van der Waals surface area contributed by atoms with Gasteiger partial charge in [-0.05, 0) is 31.0 Å². The standard InChI is InChI=1S/C17H21N3O3/c1-19-13-4-3-5-15(23-2)12(13)10-14(19)17(22)20-8-6-11(7-9-20)16(18)21/h3-5,10-11H,6-9H2,1-2H3,(H2,18,21). The molecule has 0 aliphatic carbocycles. The molecule has 1 fully saturated rings. The van der Waals surface area contributed by atoms with E-state index in [0.29, 0.717) is 31.6 Å². The molecule has 2 N–H and O–H groups in total. The normalized spacial score (nSPS) is 15.8. The quantitative estimate of drug-likeness (QED) is 0.933. The van der Waals surface area contributed by atoms with Crippen LogP contribution < -0.4 is 10.5 Å². The molecule has 0 spiro atoms. The third-order valence-electron chi connectivity index (χ3n) is 4.67. The second-order valence-corrected chi connectivity index (χ2v) is 5.95. The molecule has 1 aliphatic heterocycles. The van der Waals surface area contributed by atoms with Gasteiger partial charge in [-0.15, -0.1) is 0 Å². The molecule has 1 aliphatic rings. The third-order valence-corrected chi connectivity index (χ3v) is 4.67. The smallest absolute Gasteiger partial charge is 0.270 e. The first-order valence-electron chi connectivity index (χ1n) is 7.74. The number of primary amides is 1. The van der Waals surface area contributed by atoms with Gasteiger partial charge in [0.15, 0.2) is 0 Å². The molecule has 1 aromatic heterocycles. The zero-order chi connectivity index (χ0) is 16.6. The molecule has 0 radical (unpaired) electrons. The van der Waals surface area contributed by atoms with Crippen LogP contribution in [0.25, 0.3) is 10.9 Å². The number of nitrogens with two attached hydrogens (primary N) is 1. The number of piperidine rings is 1. The van der Waals surface area contributed by atoms with Gasteiger partial charge in [0.1, 0.15) is 11.4 Å². The molecule has 6 nitrogen and oxygen atoms in total. The molecule has 0 bridgehead atoms. The van der Waals surface area contributed by atoms with Gasteiger partial charge >= 0.3 is 0 Å². The zero-order valence-electron chi connectivity index (χ0n) is 13.4. The van der Waals surface area contributed by atoms with Crippen molar-refractivity contribution in [2.24, 2.45) is 18.7 Å². The Labute approximate surface area is 134 Å². The molecule has 2 aromatic rings. The number of nitrogens with zero attached hydrogens (tertiary/aromatic N) is 2. The molecule has 122 valence electrons. The number of amides is 2. The molecule has 3 rings (SSSR count). The van der Waals surface area contributed by atoms with E-state index in [1.807, 2.05) is 35.9 Å². The number of hydrogen-bond acceptors (Lipinski definition) is 3. The number of rotatable bonds is 3. The van der Waals surface area contributed by atoms with Crippen molar-refractivity contribution in [2.45, 2.75) is 12.8 Å². The van der Waals surface area contributed by atoms with E-state index in [4.69, 9.17) is 10.5 Å². The summed E-state index contributed by atoms with van der Waals surface area (Å²) in [6.07, 6.45) is 1.27. The molecule has 6 heteroatoms. The average molecular weight is 315 g/mol. The molecular formula is C17H21N3O3. The summed E-state index contributed by atoms with van der Waals surface area (Å²) in [6, 6.07) is 7.63. The molecule has 1 saturated heterocycles. The molecule has 2 heterocycles. The van der Waals surface area contributed by atoms with Crippen molar-refractivity contribution in [2.75, 3.05) is 20.2 Å². The Bertz CT molecular complexity index is 758. The van der Waals surface area contributed by atoms with Crippen LogP contribution in [0.2, 0.25) is 0 Å². The summed E-state index contributed by atoms with van der Waals surface area (Å²) in [6.45, 7) is 1.12. The predicted octanol–water partition coefficient (Wildman–Crippen LogP) is 1.52. The van der Waals surface area contributed by atoms with Crippen molar-refractivity contribution in [1.82, 2.24) is 9.47 Å². The number of carbonyl (C=O) groups excluding carboxylic acids is 2. The highest BCUT2D eigenvalue weighted by atomic mass is 16.5. The molecule has 1 aromatic carbocycles. The van der Waals surface area contributed by atoms with Crippen LogP contribution in [0.15, 0.2) is 24.3 Å². The lowest BCUT2D eigenvalue weighted by atomic mass is 9.96. The van der Waals surface area contributed by atoms with Crippen LogP contribution >= 0.6 is 0 Å². The summed E-state index contributed by atoms with van der Waals surface area (Å²) in [5, 5.41) is 0.924. The second kappa shape index (κ2) is 5.95. The van der Waals surface area contributed by atoms with E-state index in [0.717, 1.165) is 16.7 Å². The maximum Gasteiger partial charge on any atom is 0.270 e. The summed E-state index contributed by atoms with van der Waals surface area (Å²) in [7, 11) is 3.50. The van der Waals surface area contributed by atoms with Crippen LogP contribution in [0.3, 0.4) is 0 Å². The minimum Gasteiger partial charge on any atom is -0.496 e. The number of aromatic nitrogens is 1. The van der Waals surface area contributed by atoms with Crippen LogP contribution in [-0.2, 0) is 11.8 Å². The Balaban J connectivity index is 1.87. The maximum atomic E-state index is 12.8. The van der Waals surface area contributed by atoms with Crippen molar-refractivity contribution >= 4 is 22.7 Å². The van der Waals surface area contributed by atoms with Gasteiger partial charge in [0.25, 0.3) is 5.91 Å². The van der Waals surface area contributed by atoms with Crippen molar-refractivity contribution in [1.29, 1.82) is 0 Å². The van der Waals surface area contributed by atoms with E-state index in [2.05, 4.69) is 0 Å². The topological polar surface area (TPSA) is 77.6 Å². The van der Waals surface area contributed by atoms with Gasteiger partial charge in [-0.1, -0.05) is 6.07 Å². The number of fused-ring (bicyclic) bond motifs is 1. The van der Waals surface area contributed by atoms with Gasteiger partial charge in [0, 0.05) is 31.4 Å². The SMILES string of the molecule is COc1cccc2c1cc(C(=O)N1CCC(C(N)=O)CC1)n2C. The van der Waals surface area contributed by atoms with Gasteiger partial charge in [-0.2, -0.15) is 0 Å². The molecule has 0 saturated carbocycles. The van der Waals surface area contributed by atoms with E-state index < -0.39 is 0 Å². The van der Waals surface area contributed by atoms with E-state index in [9.17, 15) is 9.59 Å². The summed E-state index contributed by atoms with van der Waals surface area (Å²) in [5.74, 6) is 0.344. The number of hydrogen-bond donors (Lipinski definition) is 1.